The van der Waals surface area contributed by atoms with Gasteiger partial charge in [0.05, 0.1) is 11.6 Å². The first-order valence-corrected chi connectivity index (χ1v) is 7.05. The van der Waals surface area contributed by atoms with Crippen LogP contribution in [0.2, 0.25) is 5.02 Å². The first-order chi connectivity index (χ1) is 9.27. The summed E-state index contributed by atoms with van der Waals surface area (Å²) in [6.07, 6.45) is 3.42. The van der Waals surface area contributed by atoms with Gasteiger partial charge in [-0.05, 0) is 31.4 Å². The van der Waals surface area contributed by atoms with Gasteiger partial charge < -0.3 is 15.0 Å². The molecule has 1 saturated heterocycles. The average molecular weight is 283 g/mol. The molecule has 0 spiro atoms. The smallest absolute Gasteiger partial charge is 0.317 e. The zero-order valence-electron chi connectivity index (χ0n) is 10.9. The lowest BCUT2D eigenvalue weighted by molar-refractivity contribution is 0.184. The van der Waals surface area contributed by atoms with Crippen molar-refractivity contribution in [1.82, 2.24) is 10.2 Å². The summed E-state index contributed by atoms with van der Waals surface area (Å²) in [6.45, 7) is 2.62. The molecule has 1 aromatic rings. The van der Waals surface area contributed by atoms with Crippen molar-refractivity contribution in [3.8, 4) is 5.75 Å². The number of likely N-dealkylation sites (tertiary alicyclic amines) is 1. The van der Waals surface area contributed by atoms with Crippen molar-refractivity contribution in [1.29, 1.82) is 0 Å². The van der Waals surface area contributed by atoms with Gasteiger partial charge in [-0.15, -0.1) is 0 Å². The molecule has 4 nitrogen and oxygen atoms in total. The SMILES string of the molecule is O=C(NCCOc1ccccc1Cl)N1CCCCC1. The number of nitrogens with one attached hydrogen (secondary N) is 1. The number of para-hydroxylation sites is 1. The van der Waals surface area contributed by atoms with Crippen molar-refractivity contribution in [3.05, 3.63) is 29.3 Å². The van der Waals surface area contributed by atoms with E-state index in [0.29, 0.717) is 23.9 Å². The second-order valence-corrected chi connectivity index (χ2v) is 4.97. The van der Waals surface area contributed by atoms with Gasteiger partial charge in [-0.25, -0.2) is 4.79 Å². The normalized spacial score (nSPS) is 15.1. The van der Waals surface area contributed by atoms with E-state index in [1.54, 1.807) is 6.07 Å². The molecule has 0 aromatic heterocycles. The molecule has 0 unspecified atom stereocenters. The fourth-order valence-corrected chi connectivity index (χ4v) is 2.28. The number of ether oxygens (including phenoxy) is 1. The second kappa shape index (κ2) is 7.24. The molecule has 2 rings (SSSR count). The number of piperidine rings is 1. The van der Waals surface area contributed by atoms with Crippen molar-refractivity contribution in [2.24, 2.45) is 0 Å². The maximum absolute atomic E-state index is 11.8. The highest BCUT2D eigenvalue weighted by atomic mass is 35.5. The van der Waals surface area contributed by atoms with Gasteiger partial charge in [-0.1, -0.05) is 23.7 Å². The molecule has 0 atom stereocenters. The lowest BCUT2D eigenvalue weighted by Crippen LogP contribution is -2.43. The Labute approximate surface area is 118 Å². The maximum atomic E-state index is 11.8. The number of carbonyl (C=O) groups is 1. The minimum atomic E-state index is 0.00228. The molecule has 1 fully saturated rings. The van der Waals surface area contributed by atoms with Crippen LogP contribution in [0.25, 0.3) is 0 Å². The van der Waals surface area contributed by atoms with E-state index >= 15 is 0 Å². The molecule has 1 aliphatic heterocycles. The number of halogens is 1. The molecule has 1 aliphatic rings. The Bertz CT molecular complexity index is 420. The lowest BCUT2D eigenvalue weighted by atomic mass is 10.1. The molecule has 0 bridgehead atoms. The van der Waals surface area contributed by atoms with Crippen molar-refractivity contribution < 1.29 is 9.53 Å². The number of nitrogens with zero attached hydrogens (tertiary/aromatic N) is 1. The molecule has 1 aromatic carbocycles. The van der Waals surface area contributed by atoms with Gasteiger partial charge in [-0.3, -0.25) is 0 Å². The van der Waals surface area contributed by atoms with Crippen molar-refractivity contribution in [2.45, 2.75) is 19.3 Å². The van der Waals surface area contributed by atoms with Crippen LogP contribution in [-0.4, -0.2) is 37.2 Å². The monoisotopic (exact) mass is 282 g/mol. The molecule has 5 heteroatoms. The Kier molecular flexibility index (Phi) is 5.33. The number of hydrogen-bond donors (Lipinski definition) is 1. The molecular weight excluding hydrogens is 264 g/mol. The maximum Gasteiger partial charge on any atom is 0.317 e. The van der Waals surface area contributed by atoms with E-state index < -0.39 is 0 Å². The third-order valence-corrected chi connectivity index (χ3v) is 3.43. The van der Waals surface area contributed by atoms with E-state index in [1.807, 2.05) is 23.1 Å². The topological polar surface area (TPSA) is 41.6 Å². The van der Waals surface area contributed by atoms with Crippen LogP contribution in [0, 0.1) is 0 Å². The summed E-state index contributed by atoms with van der Waals surface area (Å²) < 4.78 is 5.51. The van der Waals surface area contributed by atoms with Crippen LogP contribution in [-0.2, 0) is 0 Å². The summed E-state index contributed by atoms with van der Waals surface area (Å²) in [5.74, 6) is 0.649. The van der Waals surface area contributed by atoms with Crippen LogP contribution < -0.4 is 10.1 Å². The molecule has 0 aliphatic carbocycles. The highest BCUT2D eigenvalue weighted by Gasteiger charge is 2.15. The highest BCUT2D eigenvalue weighted by molar-refractivity contribution is 6.32. The number of carbonyl (C=O) groups excluding carboxylic acids is 1. The summed E-state index contributed by atoms with van der Waals surface area (Å²) in [5.41, 5.74) is 0. The second-order valence-electron chi connectivity index (χ2n) is 4.56. The van der Waals surface area contributed by atoms with Crippen LogP contribution in [0.15, 0.2) is 24.3 Å². The molecule has 19 heavy (non-hydrogen) atoms. The Morgan fingerprint density at radius 2 is 2.00 bits per heavy atom. The minimum Gasteiger partial charge on any atom is -0.490 e. The summed E-state index contributed by atoms with van der Waals surface area (Å²) >= 11 is 5.97. The summed E-state index contributed by atoms with van der Waals surface area (Å²) in [6, 6.07) is 7.32. The number of amides is 2. The van der Waals surface area contributed by atoms with E-state index in [9.17, 15) is 4.79 Å². The van der Waals surface area contributed by atoms with Gasteiger partial charge in [0.1, 0.15) is 12.4 Å². The third kappa shape index (κ3) is 4.31. The van der Waals surface area contributed by atoms with Gasteiger partial charge in [-0.2, -0.15) is 0 Å². The van der Waals surface area contributed by atoms with Crippen LogP contribution in [0.3, 0.4) is 0 Å². The number of urea groups is 1. The molecule has 1 heterocycles. The molecule has 1 N–H and O–H groups in total. The highest BCUT2D eigenvalue weighted by Crippen LogP contribution is 2.22. The number of benzene rings is 1. The Hall–Kier alpha value is -1.42. The van der Waals surface area contributed by atoms with Gasteiger partial charge in [0.2, 0.25) is 0 Å². The first kappa shape index (κ1) is 14.0. The molecule has 0 saturated carbocycles. The zero-order valence-corrected chi connectivity index (χ0v) is 11.7. The molecule has 2 amide bonds. The van der Waals surface area contributed by atoms with Crippen LogP contribution in [0.5, 0.6) is 5.75 Å². The Morgan fingerprint density at radius 1 is 1.26 bits per heavy atom. The summed E-state index contributed by atoms with van der Waals surface area (Å²) in [4.78, 5) is 13.7. The number of hydrogen-bond acceptors (Lipinski definition) is 2. The average Bonchev–Trinajstić information content (AvgIpc) is 2.46. The standard InChI is InChI=1S/C14H19ClN2O2/c15-12-6-2-3-7-13(12)19-11-8-16-14(18)17-9-4-1-5-10-17/h2-3,6-7H,1,4-5,8-11H2,(H,16,18). The van der Waals surface area contributed by atoms with Gasteiger partial charge >= 0.3 is 6.03 Å². The van der Waals surface area contributed by atoms with Crippen LogP contribution in [0.4, 0.5) is 4.79 Å². The lowest BCUT2D eigenvalue weighted by Gasteiger charge is -2.26. The van der Waals surface area contributed by atoms with Gasteiger partial charge in [0.15, 0.2) is 0 Å². The van der Waals surface area contributed by atoms with E-state index in [1.165, 1.54) is 6.42 Å². The van der Waals surface area contributed by atoms with E-state index in [4.69, 9.17) is 16.3 Å². The van der Waals surface area contributed by atoms with E-state index in [0.717, 1.165) is 25.9 Å². The fourth-order valence-electron chi connectivity index (χ4n) is 2.09. The van der Waals surface area contributed by atoms with Gasteiger partial charge in [0.25, 0.3) is 0 Å². The van der Waals surface area contributed by atoms with Gasteiger partial charge in [0, 0.05) is 13.1 Å². The zero-order chi connectivity index (χ0) is 13.5. The van der Waals surface area contributed by atoms with Crippen LogP contribution in [0.1, 0.15) is 19.3 Å². The minimum absolute atomic E-state index is 0.00228. The van der Waals surface area contributed by atoms with Crippen molar-refractivity contribution in [2.75, 3.05) is 26.2 Å². The summed E-state index contributed by atoms with van der Waals surface area (Å²) in [7, 11) is 0. The fraction of sp³-hybridized carbons (Fsp3) is 0.500. The Morgan fingerprint density at radius 3 is 2.74 bits per heavy atom. The number of rotatable bonds is 4. The van der Waals surface area contributed by atoms with Crippen molar-refractivity contribution in [3.63, 3.8) is 0 Å². The summed E-state index contributed by atoms with van der Waals surface area (Å²) in [5, 5.41) is 3.45. The quantitative estimate of drug-likeness (QED) is 0.863. The third-order valence-electron chi connectivity index (χ3n) is 3.12. The van der Waals surface area contributed by atoms with Crippen molar-refractivity contribution >= 4 is 17.6 Å². The Balaban J connectivity index is 1.66. The largest absolute Gasteiger partial charge is 0.490 e. The van der Waals surface area contributed by atoms with E-state index in [-0.39, 0.29) is 6.03 Å². The predicted molar refractivity (Wildman–Crippen MR) is 75.8 cm³/mol. The van der Waals surface area contributed by atoms with E-state index in [2.05, 4.69) is 5.32 Å². The first-order valence-electron chi connectivity index (χ1n) is 6.67. The molecule has 0 radical (unpaired) electrons. The predicted octanol–water partition coefficient (Wildman–Crippen LogP) is 2.91. The molecule has 104 valence electrons. The molecular formula is C14H19ClN2O2. The van der Waals surface area contributed by atoms with Crippen LogP contribution >= 0.6 is 11.6 Å².